The molecule has 0 aliphatic carbocycles. The van der Waals surface area contributed by atoms with Gasteiger partial charge in [-0.3, -0.25) is 4.79 Å². The molecule has 1 amide bonds. The van der Waals surface area contributed by atoms with Crippen LogP contribution < -0.4 is 0 Å². The van der Waals surface area contributed by atoms with Crippen LogP contribution in [0.3, 0.4) is 0 Å². The van der Waals surface area contributed by atoms with Gasteiger partial charge >= 0.3 is 0 Å². The first-order valence-electron chi connectivity index (χ1n) is 7.65. The van der Waals surface area contributed by atoms with Gasteiger partial charge in [0.05, 0.1) is 11.7 Å². The molecule has 0 bridgehead atoms. The molecule has 1 atom stereocenters. The number of aromatic nitrogens is 4. The van der Waals surface area contributed by atoms with Crippen molar-refractivity contribution in [3.05, 3.63) is 66.5 Å². The van der Waals surface area contributed by atoms with E-state index in [1.165, 1.54) is 12.0 Å². The molecule has 0 spiro atoms. The van der Waals surface area contributed by atoms with E-state index in [4.69, 9.17) is 0 Å². The van der Waals surface area contributed by atoms with Crippen LogP contribution in [0.25, 0.3) is 5.69 Å². The van der Waals surface area contributed by atoms with Crippen molar-refractivity contribution in [1.29, 1.82) is 0 Å². The molecule has 0 radical (unpaired) electrons. The molecule has 23 heavy (non-hydrogen) atoms. The minimum absolute atomic E-state index is 0.0481. The van der Waals surface area contributed by atoms with Gasteiger partial charge in [-0.15, -0.1) is 0 Å². The van der Waals surface area contributed by atoms with Crippen molar-refractivity contribution >= 4 is 5.91 Å². The maximum atomic E-state index is 12.9. The third-order valence-corrected chi connectivity index (χ3v) is 4.38. The van der Waals surface area contributed by atoms with Crippen molar-refractivity contribution in [1.82, 2.24) is 24.2 Å². The van der Waals surface area contributed by atoms with E-state index in [9.17, 15) is 4.79 Å². The van der Waals surface area contributed by atoms with Crippen molar-refractivity contribution < 1.29 is 4.79 Å². The van der Waals surface area contributed by atoms with Crippen molar-refractivity contribution in [2.75, 3.05) is 6.54 Å². The zero-order valence-corrected chi connectivity index (χ0v) is 12.8. The number of rotatable bonds is 2. The Morgan fingerprint density at radius 1 is 1.22 bits per heavy atom. The second-order valence-corrected chi connectivity index (χ2v) is 5.69. The lowest BCUT2D eigenvalue weighted by atomic mass is 10.1. The van der Waals surface area contributed by atoms with Crippen LogP contribution in [0.1, 0.15) is 29.0 Å². The Balaban J connectivity index is 1.64. The highest BCUT2D eigenvalue weighted by atomic mass is 16.2. The molecule has 116 valence electrons. The van der Waals surface area contributed by atoms with Crippen LogP contribution >= 0.6 is 0 Å². The Hall–Kier alpha value is -2.89. The van der Waals surface area contributed by atoms with Crippen LogP contribution in [0.5, 0.6) is 0 Å². The van der Waals surface area contributed by atoms with E-state index in [1.807, 2.05) is 35.2 Å². The van der Waals surface area contributed by atoms with E-state index in [-0.39, 0.29) is 11.9 Å². The topological polar surface area (TPSA) is 56.0 Å². The van der Waals surface area contributed by atoms with Gasteiger partial charge in [0.25, 0.3) is 5.91 Å². The van der Waals surface area contributed by atoms with Gasteiger partial charge < -0.3 is 9.47 Å². The largest absolute Gasteiger partial charge is 0.348 e. The number of hydrogen-bond donors (Lipinski definition) is 0. The molecule has 0 fully saturated rings. The molecule has 0 saturated carbocycles. The summed E-state index contributed by atoms with van der Waals surface area (Å²) in [4.78, 5) is 18.8. The summed E-state index contributed by atoms with van der Waals surface area (Å²) in [7, 11) is 0. The average Bonchev–Trinajstić information content (AvgIpc) is 3.26. The van der Waals surface area contributed by atoms with Crippen molar-refractivity contribution in [2.45, 2.75) is 19.5 Å². The molecule has 4 rings (SSSR count). The van der Waals surface area contributed by atoms with Crippen molar-refractivity contribution in [3.8, 4) is 5.69 Å². The number of carbonyl (C=O) groups excluding carboxylic acids is 1. The summed E-state index contributed by atoms with van der Waals surface area (Å²) >= 11 is 0. The molecule has 2 aromatic heterocycles. The van der Waals surface area contributed by atoms with Crippen molar-refractivity contribution in [2.24, 2.45) is 0 Å². The summed E-state index contributed by atoms with van der Waals surface area (Å²) in [6, 6.07) is 11.7. The second kappa shape index (κ2) is 5.39. The summed E-state index contributed by atoms with van der Waals surface area (Å²) < 4.78 is 3.86. The van der Waals surface area contributed by atoms with Crippen LogP contribution in [0.15, 0.2) is 55.2 Å². The lowest BCUT2D eigenvalue weighted by Gasteiger charge is -2.35. The van der Waals surface area contributed by atoms with Gasteiger partial charge in [0.2, 0.25) is 0 Å². The second-order valence-electron chi connectivity index (χ2n) is 5.69. The van der Waals surface area contributed by atoms with Gasteiger partial charge in [-0.1, -0.05) is 6.07 Å². The number of amides is 1. The van der Waals surface area contributed by atoms with E-state index in [0.29, 0.717) is 5.56 Å². The average molecular weight is 307 g/mol. The predicted molar refractivity (Wildman–Crippen MR) is 85.2 cm³/mol. The van der Waals surface area contributed by atoms with Gasteiger partial charge in [0, 0.05) is 30.5 Å². The summed E-state index contributed by atoms with van der Waals surface area (Å²) in [6.07, 6.45) is 5.17. The molecule has 1 aliphatic rings. The minimum Gasteiger partial charge on any atom is -0.348 e. The summed E-state index contributed by atoms with van der Waals surface area (Å²) in [6.45, 7) is 3.63. The predicted octanol–water partition coefficient (Wildman–Crippen LogP) is 2.29. The molecular weight excluding hydrogens is 290 g/mol. The third kappa shape index (κ3) is 2.32. The maximum Gasteiger partial charge on any atom is 0.254 e. The van der Waals surface area contributed by atoms with Gasteiger partial charge in [0.15, 0.2) is 0 Å². The summed E-state index contributed by atoms with van der Waals surface area (Å²) in [5.74, 6) is 0.0481. The van der Waals surface area contributed by atoms with Gasteiger partial charge in [-0.2, -0.15) is 5.10 Å². The Morgan fingerprint density at radius 2 is 2.13 bits per heavy atom. The van der Waals surface area contributed by atoms with Crippen LogP contribution in [0, 0.1) is 0 Å². The number of nitrogens with zero attached hydrogens (tertiary/aromatic N) is 5. The Kier molecular flexibility index (Phi) is 3.22. The smallest absolute Gasteiger partial charge is 0.254 e. The number of hydrogen-bond acceptors (Lipinski definition) is 3. The van der Waals surface area contributed by atoms with Crippen LogP contribution in [0.2, 0.25) is 0 Å². The zero-order chi connectivity index (χ0) is 15.8. The van der Waals surface area contributed by atoms with Crippen molar-refractivity contribution in [3.63, 3.8) is 0 Å². The molecule has 6 heteroatoms. The molecule has 0 saturated heterocycles. The molecule has 1 aromatic carbocycles. The molecule has 3 heterocycles. The quantitative estimate of drug-likeness (QED) is 0.730. The first kappa shape index (κ1) is 13.8. The number of carbonyl (C=O) groups is 1. The van der Waals surface area contributed by atoms with E-state index >= 15 is 0 Å². The number of fused-ring (bicyclic) bond motifs is 1. The highest BCUT2D eigenvalue weighted by molar-refractivity contribution is 5.95. The minimum atomic E-state index is 0.0481. The summed E-state index contributed by atoms with van der Waals surface area (Å²) in [5.41, 5.74) is 2.68. The highest BCUT2D eigenvalue weighted by Crippen LogP contribution is 2.27. The first-order valence-corrected chi connectivity index (χ1v) is 7.65. The fourth-order valence-electron chi connectivity index (χ4n) is 3.15. The van der Waals surface area contributed by atoms with E-state index in [2.05, 4.69) is 33.8 Å². The molecule has 0 N–H and O–H groups in total. The van der Waals surface area contributed by atoms with Gasteiger partial charge in [-0.25, -0.2) is 9.67 Å². The Bertz CT molecular complexity index is 836. The third-order valence-electron chi connectivity index (χ3n) is 4.38. The lowest BCUT2D eigenvalue weighted by Crippen LogP contribution is -2.40. The van der Waals surface area contributed by atoms with Gasteiger partial charge in [0.1, 0.15) is 12.7 Å². The molecule has 0 unspecified atom stereocenters. The zero-order valence-electron chi connectivity index (χ0n) is 12.8. The van der Waals surface area contributed by atoms with Crippen LogP contribution in [0.4, 0.5) is 0 Å². The van der Waals surface area contributed by atoms with Crippen LogP contribution in [-0.4, -0.2) is 36.7 Å². The van der Waals surface area contributed by atoms with E-state index < -0.39 is 0 Å². The maximum absolute atomic E-state index is 12.9. The standard InChI is InChI=1S/C17H17N5O/c1-13-16-6-3-7-20(16)8-9-21(13)17(23)14-4-2-5-15(10-14)22-12-18-11-19-22/h2-7,10-13H,8-9H2,1H3/t13-/m0/s1. The van der Waals surface area contributed by atoms with E-state index in [0.717, 1.165) is 18.8 Å². The van der Waals surface area contributed by atoms with Gasteiger partial charge in [-0.05, 0) is 37.3 Å². The molecular formula is C17H17N5O. The van der Waals surface area contributed by atoms with E-state index in [1.54, 1.807) is 11.0 Å². The monoisotopic (exact) mass is 307 g/mol. The fraction of sp³-hybridized carbons (Fsp3) is 0.235. The normalized spacial score (nSPS) is 17.1. The first-order chi connectivity index (χ1) is 11.2. The molecule has 3 aromatic rings. The lowest BCUT2D eigenvalue weighted by molar-refractivity contribution is 0.0644. The molecule has 1 aliphatic heterocycles. The number of benzene rings is 1. The SMILES string of the molecule is C[C@H]1c2cccn2CCN1C(=O)c1cccc(-n2cncn2)c1. The van der Waals surface area contributed by atoms with Crippen LogP contribution in [-0.2, 0) is 6.54 Å². The highest BCUT2D eigenvalue weighted by Gasteiger charge is 2.28. The Labute approximate surface area is 134 Å². The fourth-order valence-corrected chi connectivity index (χ4v) is 3.15. The Morgan fingerprint density at radius 3 is 2.96 bits per heavy atom. The molecule has 6 nitrogen and oxygen atoms in total. The summed E-state index contributed by atoms with van der Waals surface area (Å²) in [5, 5.41) is 4.11.